The third kappa shape index (κ3) is 1.72. The molecule has 1 aliphatic rings. The predicted octanol–water partition coefficient (Wildman–Crippen LogP) is 0.951. The second-order valence-electron chi connectivity index (χ2n) is 3.80. The molecule has 1 amide bonds. The van der Waals surface area contributed by atoms with Crippen molar-refractivity contribution in [2.24, 2.45) is 0 Å². The number of nitrogens with zero attached hydrogens (tertiary/aromatic N) is 1. The number of halogens is 1. The van der Waals surface area contributed by atoms with Crippen LogP contribution in [0.3, 0.4) is 0 Å². The smallest absolute Gasteiger partial charge is 0.257 e. The molecule has 0 saturated carbocycles. The summed E-state index contributed by atoms with van der Waals surface area (Å²) in [4.78, 5) is 13.2. The first-order valence-electron chi connectivity index (χ1n) is 4.82. The number of hydrogen-bond acceptors (Lipinski definition) is 2. The maximum Gasteiger partial charge on any atom is 0.257 e. The van der Waals surface area contributed by atoms with Crippen molar-refractivity contribution in [3.05, 3.63) is 35.1 Å². The van der Waals surface area contributed by atoms with Crippen molar-refractivity contribution in [2.45, 2.75) is 13.0 Å². The highest BCUT2D eigenvalue weighted by Gasteiger charge is 2.30. The van der Waals surface area contributed by atoms with Gasteiger partial charge in [-0.3, -0.25) is 4.79 Å². The van der Waals surface area contributed by atoms with Crippen LogP contribution in [0.25, 0.3) is 0 Å². The number of β-amino-alcohol motifs (C(OH)–C–C–N with tert-alkyl or cyclic N) is 1. The lowest BCUT2D eigenvalue weighted by Gasteiger charge is -2.35. The summed E-state index contributed by atoms with van der Waals surface area (Å²) in [6, 6.07) is 4.74. The standard InChI is InChI=1S/C11H12FNO2/c1-7-3-2-4-9(10(7)12)11(15)13-5-8(14)6-13/h2-4,8,14H,5-6H2,1H3. The molecule has 0 radical (unpaired) electrons. The summed E-state index contributed by atoms with van der Waals surface area (Å²) in [5.41, 5.74) is 0.545. The minimum Gasteiger partial charge on any atom is -0.389 e. The monoisotopic (exact) mass is 209 g/mol. The van der Waals surface area contributed by atoms with Crippen LogP contribution in [-0.2, 0) is 0 Å². The van der Waals surface area contributed by atoms with Crippen LogP contribution in [-0.4, -0.2) is 35.1 Å². The topological polar surface area (TPSA) is 40.5 Å². The third-order valence-electron chi connectivity index (χ3n) is 2.57. The molecule has 2 rings (SSSR count). The van der Waals surface area contributed by atoms with Crippen LogP contribution in [0, 0.1) is 12.7 Å². The van der Waals surface area contributed by atoms with E-state index in [4.69, 9.17) is 5.11 Å². The SMILES string of the molecule is Cc1cccc(C(=O)N2CC(O)C2)c1F. The highest BCUT2D eigenvalue weighted by molar-refractivity contribution is 5.95. The van der Waals surface area contributed by atoms with E-state index in [1.165, 1.54) is 11.0 Å². The molecular formula is C11H12FNO2. The van der Waals surface area contributed by atoms with Gasteiger partial charge in [-0.1, -0.05) is 12.1 Å². The molecular weight excluding hydrogens is 197 g/mol. The minimum absolute atomic E-state index is 0.0851. The number of likely N-dealkylation sites (tertiary alicyclic amines) is 1. The van der Waals surface area contributed by atoms with Crippen molar-refractivity contribution in [3.8, 4) is 0 Å². The molecule has 0 aliphatic carbocycles. The zero-order valence-electron chi connectivity index (χ0n) is 8.40. The number of aliphatic hydroxyl groups excluding tert-OH is 1. The van der Waals surface area contributed by atoms with Gasteiger partial charge in [-0.2, -0.15) is 0 Å². The molecule has 1 heterocycles. The molecule has 1 aliphatic heterocycles. The number of amides is 1. The van der Waals surface area contributed by atoms with E-state index in [1.54, 1.807) is 19.1 Å². The van der Waals surface area contributed by atoms with Crippen LogP contribution in [0.5, 0.6) is 0 Å². The van der Waals surface area contributed by atoms with Crippen LogP contribution in [0.15, 0.2) is 18.2 Å². The Kier molecular flexibility index (Phi) is 2.44. The molecule has 1 aromatic rings. The molecule has 1 saturated heterocycles. The van der Waals surface area contributed by atoms with Crippen molar-refractivity contribution in [1.29, 1.82) is 0 Å². The van der Waals surface area contributed by atoms with Gasteiger partial charge in [0.1, 0.15) is 5.82 Å². The first-order chi connectivity index (χ1) is 7.09. The zero-order valence-corrected chi connectivity index (χ0v) is 8.40. The van der Waals surface area contributed by atoms with Crippen molar-refractivity contribution >= 4 is 5.91 Å². The summed E-state index contributed by atoms with van der Waals surface area (Å²) in [5, 5.41) is 9.05. The molecule has 15 heavy (non-hydrogen) atoms. The van der Waals surface area contributed by atoms with Gasteiger partial charge in [-0.25, -0.2) is 4.39 Å². The second kappa shape index (κ2) is 3.62. The van der Waals surface area contributed by atoms with Gasteiger partial charge >= 0.3 is 0 Å². The molecule has 0 aromatic heterocycles. The maximum absolute atomic E-state index is 13.6. The Morgan fingerprint density at radius 1 is 1.53 bits per heavy atom. The Labute approximate surface area is 87.1 Å². The Bertz CT molecular complexity index is 400. The van der Waals surface area contributed by atoms with Gasteiger partial charge in [0.2, 0.25) is 0 Å². The van der Waals surface area contributed by atoms with Gasteiger partial charge in [0, 0.05) is 13.1 Å². The first kappa shape index (κ1) is 10.1. The van der Waals surface area contributed by atoms with Crippen LogP contribution in [0.1, 0.15) is 15.9 Å². The van der Waals surface area contributed by atoms with E-state index in [1.807, 2.05) is 0 Å². The lowest BCUT2D eigenvalue weighted by Crippen LogP contribution is -2.53. The fourth-order valence-corrected chi connectivity index (χ4v) is 1.60. The van der Waals surface area contributed by atoms with Crippen LogP contribution in [0.4, 0.5) is 4.39 Å². The average Bonchev–Trinajstić information content (AvgIpc) is 2.16. The Hall–Kier alpha value is -1.42. The van der Waals surface area contributed by atoms with Crippen LogP contribution in [0.2, 0.25) is 0 Å². The lowest BCUT2D eigenvalue weighted by atomic mass is 10.1. The Morgan fingerprint density at radius 2 is 2.20 bits per heavy atom. The largest absolute Gasteiger partial charge is 0.389 e. The summed E-state index contributed by atoms with van der Waals surface area (Å²) in [5.74, 6) is -0.814. The number of aliphatic hydroxyl groups is 1. The fourth-order valence-electron chi connectivity index (χ4n) is 1.60. The van der Waals surface area contributed by atoms with E-state index in [9.17, 15) is 9.18 Å². The minimum atomic E-state index is -0.469. The molecule has 4 heteroatoms. The van der Waals surface area contributed by atoms with Gasteiger partial charge < -0.3 is 10.0 Å². The predicted molar refractivity (Wildman–Crippen MR) is 53.0 cm³/mol. The molecule has 0 bridgehead atoms. The summed E-state index contributed by atoms with van der Waals surface area (Å²) in [6.07, 6.45) is -0.457. The summed E-state index contributed by atoms with van der Waals surface area (Å²) < 4.78 is 13.6. The first-order valence-corrected chi connectivity index (χ1v) is 4.82. The van der Waals surface area contributed by atoms with E-state index >= 15 is 0 Å². The number of benzene rings is 1. The number of aryl methyl sites for hydroxylation is 1. The van der Waals surface area contributed by atoms with Gasteiger partial charge in [0.25, 0.3) is 5.91 Å². The molecule has 1 aromatic carbocycles. The Morgan fingerprint density at radius 3 is 2.80 bits per heavy atom. The average molecular weight is 209 g/mol. The molecule has 80 valence electrons. The van der Waals surface area contributed by atoms with E-state index in [2.05, 4.69) is 0 Å². The van der Waals surface area contributed by atoms with Crippen molar-refractivity contribution in [2.75, 3.05) is 13.1 Å². The molecule has 0 atom stereocenters. The molecule has 1 fully saturated rings. The van der Waals surface area contributed by atoms with Crippen molar-refractivity contribution < 1.29 is 14.3 Å². The zero-order chi connectivity index (χ0) is 11.0. The fraction of sp³-hybridized carbons (Fsp3) is 0.364. The number of carbonyl (C=O) groups is 1. The second-order valence-corrected chi connectivity index (χ2v) is 3.80. The Balaban J connectivity index is 2.22. The van der Waals surface area contributed by atoms with E-state index in [0.717, 1.165) is 0 Å². The van der Waals surface area contributed by atoms with Crippen molar-refractivity contribution in [1.82, 2.24) is 4.90 Å². The normalized spacial score (nSPS) is 16.3. The molecule has 0 unspecified atom stereocenters. The quantitative estimate of drug-likeness (QED) is 0.748. The van der Waals surface area contributed by atoms with E-state index < -0.39 is 11.9 Å². The third-order valence-corrected chi connectivity index (χ3v) is 2.57. The lowest BCUT2D eigenvalue weighted by molar-refractivity contribution is 0.00558. The number of hydrogen-bond donors (Lipinski definition) is 1. The van der Waals surface area contributed by atoms with Gasteiger partial charge in [-0.05, 0) is 18.6 Å². The molecule has 1 N–H and O–H groups in total. The summed E-state index contributed by atoms with van der Waals surface area (Å²) in [7, 11) is 0. The van der Waals surface area contributed by atoms with Gasteiger partial charge in [-0.15, -0.1) is 0 Å². The van der Waals surface area contributed by atoms with Crippen LogP contribution < -0.4 is 0 Å². The summed E-state index contributed by atoms with van der Waals surface area (Å²) in [6.45, 7) is 2.22. The highest BCUT2D eigenvalue weighted by Crippen LogP contribution is 2.17. The highest BCUT2D eigenvalue weighted by atomic mass is 19.1. The van der Waals surface area contributed by atoms with E-state index in [0.29, 0.717) is 18.7 Å². The molecule has 3 nitrogen and oxygen atoms in total. The number of rotatable bonds is 1. The maximum atomic E-state index is 13.6. The molecule has 0 spiro atoms. The van der Waals surface area contributed by atoms with E-state index in [-0.39, 0.29) is 11.5 Å². The van der Waals surface area contributed by atoms with Crippen molar-refractivity contribution in [3.63, 3.8) is 0 Å². The van der Waals surface area contributed by atoms with Crippen LogP contribution >= 0.6 is 0 Å². The summed E-state index contributed by atoms with van der Waals surface area (Å²) >= 11 is 0. The van der Waals surface area contributed by atoms with Gasteiger partial charge in [0.15, 0.2) is 0 Å². The number of carbonyl (C=O) groups excluding carboxylic acids is 1. The van der Waals surface area contributed by atoms with Gasteiger partial charge in [0.05, 0.1) is 11.7 Å².